The smallest absolute Gasteiger partial charge is 0.356 e. The molecule has 2 aliphatic rings. The van der Waals surface area contributed by atoms with Crippen molar-refractivity contribution in [1.82, 2.24) is 19.4 Å². The summed E-state index contributed by atoms with van der Waals surface area (Å²) in [5, 5.41) is 9.37. The van der Waals surface area contributed by atoms with E-state index in [1.807, 2.05) is 27.7 Å². The van der Waals surface area contributed by atoms with Gasteiger partial charge in [-0.25, -0.2) is 9.78 Å². The van der Waals surface area contributed by atoms with Crippen molar-refractivity contribution in [2.45, 2.75) is 32.4 Å². The van der Waals surface area contributed by atoms with E-state index in [0.29, 0.717) is 5.92 Å². The molecule has 1 fully saturated rings. The van der Waals surface area contributed by atoms with Crippen LogP contribution in [0.25, 0.3) is 0 Å². The zero-order chi connectivity index (χ0) is 19.7. The van der Waals surface area contributed by atoms with Gasteiger partial charge in [0.15, 0.2) is 5.69 Å². The Morgan fingerprint density at radius 1 is 1.11 bits per heavy atom. The maximum atomic E-state index is 11.6. The molecule has 7 nitrogen and oxygen atoms in total. The Labute approximate surface area is 164 Å². The number of likely N-dealkylation sites (tertiary alicyclic amines) is 1. The van der Waals surface area contributed by atoms with Crippen molar-refractivity contribution in [3.63, 3.8) is 0 Å². The SMILES string of the molecule is CC(=O)N1CCC(CN2CCn3cc(C(=O)O)nc3C2c2ccccc2)CC1. The van der Waals surface area contributed by atoms with Gasteiger partial charge in [0, 0.05) is 45.8 Å². The van der Waals surface area contributed by atoms with E-state index in [2.05, 4.69) is 22.0 Å². The Balaban J connectivity index is 1.58. The van der Waals surface area contributed by atoms with Crippen molar-refractivity contribution in [2.24, 2.45) is 5.92 Å². The van der Waals surface area contributed by atoms with Gasteiger partial charge in [-0.3, -0.25) is 9.69 Å². The largest absolute Gasteiger partial charge is 0.476 e. The van der Waals surface area contributed by atoms with E-state index in [9.17, 15) is 14.7 Å². The van der Waals surface area contributed by atoms with Gasteiger partial charge in [-0.2, -0.15) is 0 Å². The normalized spacial score (nSPS) is 20.8. The molecule has 2 aromatic rings. The van der Waals surface area contributed by atoms with Gasteiger partial charge in [-0.05, 0) is 24.3 Å². The van der Waals surface area contributed by atoms with Gasteiger partial charge in [0.2, 0.25) is 5.91 Å². The molecule has 1 N–H and O–H groups in total. The minimum atomic E-state index is -0.989. The number of aromatic nitrogens is 2. The van der Waals surface area contributed by atoms with E-state index >= 15 is 0 Å². The molecule has 0 spiro atoms. The van der Waals surface area contributed by atoms with Crippen LogP contribution in [-0.4, -0.2) is 62.5 Å². The summed E-state index contributed by atoms with van der Waals surface area (Å²) in [6, 6.07) is 10.1. The van der Waals surface area contributed by atoms with Gasteiger partial charge >= 0.3 is 5.97 Å². The first-order valence-electron chi connectivity index (χ1n) is 9.88. The molecule has 1 atom stereocenters. The number of benzene rings is 1. The number of amides is 1. The average Bonchev–Trinajstić information content (AvgIpc) is 3.13. The third kappa shape index (κ3) is 3.67. The molecule has 1 unspecified atom stereocenters. The number of carboxylic acids is 1. The number of carbonyl (C=O) groups excluding carboxylic acids is 1. The van der Waals surface area contributed by atoms with Crippen molar-refractivity contribution >= 4 is 11.9 Å². The topological polar surface area (TPSA) is 78.7 Å². The molecular formula is C21H26N4O3. The number of imidazole rings is 1. The van der Waals surface area contributed by atoms with Gasteiger partial charge < -0.3 is 14.6 Å². The summed E-state index contributed by atoms with van der Waals surface area (Å²) in [6.45, 7) is 5.81. The Morgan fingerprint density at radius 2 is 1.82 bits per heavy atom. The van der Waals surface area contributed by atoms with E-state index in [4.69, 9.17) is 0 Å². The number of nitrogens with zero attached hydrogens (tertiary/aromatic N) is 4. The fraction of sp³-hybridized carbons (Fsp3) is 0.476. The lowest BCUT2D eigenvalue weighted by atomic mass is 9.94. The monoisotopic (exact) mass is 382 g/mol. The van der Waals surface area contributed by atoms with Crippen LogP contribution < -0.4 is 0 Å². The summed E-state index contributed by atoms with van der Waals surface area (Å²) >= 11 is 0. The quantitative estimate of drug-likeness (QED) is 0.877. The van der Waals surface area contributed by atoms with Crippen LogP contribution >= 0.6 is 0 Å². The highest BCUT2D eigenvalue weighted by Gasteiger charge is 2.34. The molecule has 1 amide bonds. The van der Waals surface area contributed by atoms with E-state index in [1.54, 1.807) is 13.1 Å². The number of hydrogen-bond acceptors (Lipinski definition) is 4. The lowest BCUT2D eigenvalue weighted by Crippen LogP contribution is -2.44. The summed E-state index contributed by atoms with van der Waals surface area (Å²) in [7, 11) is 0. The third-order valence-electron chi connectivity index (χ3n) is 5.93. The maximum Gasteiger partial charge on any atom is 0.356 e. The predicted molar refractivity (Wildman–Crippen MR) is 104 cm³/mol. The highest BCUT2D eigenvalue weighted by Crippen LogP contribution is 2.33. The van der Waals surface area contributed by atoms with Crippen molar-refractivity contribution < 1.29 is 14.7 Å². The second kappa shape index (κ2) is 7.75. The molecule has 28 heavy (non-hydrogen) atoms. The van der Waals surface area contributed by atoms with E-state index in [-0.39, 0.29) is 17.6 Å². The van der Waals surface area contributed by atoms with Crippen LogP contribution in [-0.2, 0) is 11.3 Å². The lowest BCUT2D eigenvalue weighted by Gasteiger charge is -2.40. The van der Waals surface area contributed by atoms with Crippen LogP contribution in [0.1, 0.15) is 47.7 Å². The zero-order valence-electron chi connectivity index (χ0n) is 16.1. The summed E-state index contributed by atoms with van der Waals surface area (Å²) in [5.74, 6) is 0.497. The molecule has 1 saturated heterocycles. The number of hydrogen-bond donors (Lipinski definition) is 1. The first-order chi connectivity index (χ1) is 13.5. The zero-order valence-corrected chi connectivity index (χ0v) is 16.1. The van der Waals surface area contributed by atoms with Crippen molar-refractivity contribution in [1.29, 1.82) is 0 Å². The van der Waals surface area contributed by atoms with Crippen LogP contribution in [0, 0.1) is 5.92 Å². The lowest BCUT2D eigenvalue weighted by molar-refractivity contribution is -0.130. The van der Waals surface area contributed by atoms with Gasteiger partial charge in [0.25, 0.3) is 0 Å². The number of carbonyl (C=O) groups is 2. The van der Waals surface area contributed by atoms with Gasteiger partial charge in [0.05, 0.1) is 6.04 Å². The summed E-state index contributed by atoms with van der Waals surface area (Å²) in [5.41, 5.74) is 1.24. The fourth-order valence-corrected chi connectivity index (χ4v) is 4.41. The first-order valence-corrected chi connectivity index (χ1v) is 9.88. The van der Waals surface area contributed by atoms with E-state index in [1.165, 1.54) is 0 Å². The molecule has 1 aromatic carbocycles. The summed E-state index contributed by atoms with van der Waals surface area (Å²) in [4.78, 5) is 31.8. The van der Waals surface area contributed by atoms with Crippen LogP contribution in [0.4, 0.5) is 0 Å². The number of aromatic carboxylic acids is 1. The number of fused-ring (bicyclic) bond motifs is 1. The Hall–Kier alpha value is -2.67. The standard InChI is InChI=1S/C21H26N4O3/c1-15(26)23-9-7-16(8-10-23)13-24-11-12-25-14-18(21(27)28)22-20(25)19(24)17-5-3-2-4-6-17/h2-6,14,16,19H,7-13H2,1H3,(H,27,28). The fourth-order valence-electron chi connectivity index (χ4n) is 4.41. The molecule has 0 aliphatic carbocycles. The minimum Gasteiger partial charge on any atom is -0.476 e. The second-order valence-electron chi connectivity index (χ2n) is 7.74. The second-order valence-corrected chi connectivity index (χ2v) is 7.74. The molecule has 4 rings (SSSR count). The van der Waals surface area contributed by atoms with Gasteiger partial charge in [0.1, 0.15) is 5.82 Å². The average molecular weight is 382 g/mol. The van der Waals surface area contributed by atoms with Crippen molar-refractivity contribution in [2.75, 3.05) is 26.2 Å². The summed E-state index contributed by atoms with van der Waals surface area (Å²) in [6.07, 6.45) is 3.66. The number of piperidine rings is 1. The van der Waals surface area contributed by atoms with E-state index in [0.717, 1.165) is 57.0 Å². The highest BCUT2D eigenvalue weighted by atomic mass is 16.4. The third-order valence-corrected chi connectivity index (χ3v) is 5.93. The number of rotatable bonds is 4. The maximum absolute atomic E-state index is 11.6. The van der Waals surface area contributed by atoms with Crippen molar-refractivity contribution in [3.8, 4) is 0 Å². The molecule has 7 heteroatoms. The van der Waals surface area contributed by atoms with Crippen LogP contribution in [0.15, 0.2) is 36.5 Å². The molecule has 148 valence electrons. The number of carboxylic acid groups (broad SMARTS) is 1. The Bertz CT molecular complexity index is 856. The molecule has 0 bridgehead atoms. The van der Waals surface area contributed by atoms with Gasteiger partial charge in [-0.1, -0.05) is 30.3 Å². The van der Waals surface area contributed by atoms with Crippen LogP contribution in [0.2, 0.25) is 0 Å². The predicted octanol–water partition coefficient (Wildman–Crippen LogP) is 2.24. The van der Waals surface area contributed by atoms with Crippen LogP contribution in [0.5, 0.6) is 0 Å². The molecular weight excluding hydrogens is 356 g/mol. The molecule has 2 aliphatic heterocycles. The van der Waals surface area contributed by atoms with Crippen LogP contribution in [0.3, 0.4) is 0 Å². The van der Waals surface area contributed by atoms with Gasteiger partial charge in [-0.15, -0.1) is 0 Å². The molecule has 0 radical (unpaired) electrons. The summed E-state index contributed by atoms with van der Waals surface area (Å²) < 4.78 is 1.98. The molecule has 1 aromatic heterocycles. The first kappa shape index (κ1) is 18.7. The van der Waals surface area contributed by atoms with E-state index < -0.39 is 5.97 Å². The minimum absolute atomic E-state index is 0.0473. The Morgan fingerprint density at radius 3 is 2.46 bits per heavy atom. The Kier molecular flexibility index (Phi) is 5.17. The molecule has 0 saturated carbocycles. The van der Waals surface area contributed by atoms with Crippen molar-refractivity contribution in [3.05, 3.63) is 53.6 Å². The molecule has 3 heterocycles. The highest BCUT2D eigenvalue weighted by molar-refractivity contribution is 5.85.